The maximum Gasteiger partial charge on any atom is 0.347 e. The number of ether oxygens (including phenoxy) is 1. The van der Waals surface area contributed by atoms with Crippen molar-refractivity contribution >= 4 is 5.97 Å². The van der Waals surface area contributed by atoms with Gasteiger partial charge >= 0.3 is 5.97 Å². The van der Waals surface area contributed by atoms with E-state index < -0.39 is 11.8 Å². The number of benzene rings is 2. The molecule has 1 aromatic heterocycles. The molecule has 0 atom stereocenters. The van der Waals surface area contributed by atoms with Gasteiger partial charge in [0, 0.05) is 5.56 Å². The lowest BCUT2D eigenvalue weighted by Gasteiger charge is -2.07. The fraction of sp³-hybridized carbons (Fsp3) is 0.414. The molecule has 34 heavy (non-hydrogen) atoms. The number of carbonyl (C=O) groups excluding carboxylic acids is 1. The molecule has 0 amide bonds. The number of aromatic nitrogens is 2. The summed E-state index contributed by atoms with van der Waals surface area (Å²) in [4.78, 5) is 21.0. The van der Waals surface area contributed by atoms with E-state index >= 15 is 0 Å². The molecule has 0 spiro atoms. The van der Waals surface area contributed by atoms with Crippen LogP contribution in [0, 0.1) is 5.82 Å². The van der Waals surface area contributed by atoms with Crippen LogP contribution in [0.25, 0.3) is 11.3 Å². The number of hydrogen-bond acceptors (Lipinski definition) is 4. The number of unbranched alkanes of at least 4 members (excludes halogenated alkanes) is 6. The second-order valence-electron chi connectivity index (χ2n) is 8.76. The summed E-state index contributed by atoms with van der Waals surface area (Å²) in [5.41, 5.74) is 3.74. The zero-order chi connectivity index (χ0) is 24.2. The number of hydrogen-bond donors (Lipinski definition) is 0. The zero-order valence-electron chi connectivity index (χ0n) is 20.4. The third-order valence-corrected chi connectivity index (χ3v) is 5.97. The summed E-state index contributed by atoms with van der Waals surface area (Å²) in [5.74, 6) is -1.30. The van der Waals surface area contributed by atoms with E-state index in [9.17, 15) is 9.18 Å². The summed E-state index contributed by atoms with van der Waals surface area (Å²) in [5, 5.41) is 0. The average molecular weight is 463 g/mol. The Kier molecular flexibility index (Phi) is 10.2. The molecule has 1 heterocycles. The van der Waals surface area contributed by atoms with Crippen LogP contribution >= 0.6 is 0 Å². The number of rotatable bonds is 13. The summed E-state index contributed by atoms with van der Waals surface area (Å²) < 4.78 is 19.8. The van der Waals surface area contributed by atoms with E-state index in [1.807, 2.05) is 12.1 Å². The molecule has 180 valence electrons. The van der Waals surface area contributed by atoms with Crippen LogP contribution in [0.5, 0.6) is 5.88 Å². The van der Waals surface area contributed by atoms with Gasteiger partial charge in [-0.15, -0.1) is 0 Å². The van der Waals surface area contributed by atoms with Crippen LogP contribution in [-0.2, 0) is 12.8 Å². The Hall–Kier alpha value is -3.08. The lowest BCUT2D eigenvalue weighted by molar-refractivity contribution is 0.0722. The van der Waals surface area contributed by atoms with Crippen LogP contribution in [0.15, 0.2) is 54.9 Å². The minimum atomic E-state index is -0.773. The molecule has 0 bridgehead atoms. The van der Waals surface area contributed by atoms with Gasteiger partial charge in [-0.25, -0.2) is 19.2 Å². The minimum absolute atomic E-state index is 0.0457. The number of carbonyl (C=O) groups is 1. The Bertz CT molecular complexity index is 1030. The van der Waals surface area contributed by atoms with Crippen molar-refractivity contribution in [2.75, 3.05) is 0 Å². The minimum Gasteiger partial charge on any atom is -0.402 e. The Morgan fingerprint density at radius 3 is 2.12 bits per heavy atom. The zero-order valence-corrected chi connectivity index (χ0v) is 20.4. The third-order valence-electron chi connectivity index (χ3n) is 5.97. The number of esters is 1. The van der Waals surface area contributed by atoms with Gasteiger partial charge in [-0.1, -0.05) is 82.7 Å². The molecular weight excluding hydrogens is 427 g/mol. The van der Waals surface area contributed by atoms with E-state index in [0.717, 1.165) is 36.8 Å². The van der Waals surface area contributed by atoms with E-state index in [1.54, 1.807) is 12.3 Å². The van der Waals surface area contributed by atoms with Crippen molar-refractivity contribution in [3.05, 3.63) is 77.4 Å². The SMILES string of the molecule is CCCCCCCc1ccc(C(=O)Oc2cnc(-c3ccc(CCCCC)cc3)cn2)c(F)c1. The van der Waals surface area contributed by atoms with Crippen LogP contribution in [-0.4, -0.2) is 15.9 Å². The normalized spacial score (nSPS) is 10.9. The monoisotopic (exact) mass is 462 g/mol. The van der Waals surface area contributed by atoms with Crippen molar-refractivity contribution in [3.8, 4) is 17.1 Å². The van der Waals surface area contributed by atoms with Crippen LogP contribution in [0.3, 0.4) is 0 Å². The van der Waals surface area contributed by atoms with E-state index in [1.165, 1.54) is 62.4 Å². The van der Waals surface area contributed by atoms with Gasteiger partial charge in [-0.05, 0) is 48.9 Å². The lowest BCUT2D eigenvalue weighted by Crippen LogP contribution is -2.12. The first-order valence-electron chi connectivity index (χ1n) is 12.5. The highest BCUT2D eigenvalue weighted by Crippen LogP contribution is 2.20. The first kappa shape index (κ1) is 25.5. The summed E-state index contributed by atoms with van der Waals surface area (Å²) in [6.45, 7) is 4.38. The van der Waals surface area contributed by atoms with E-state index in [-0.39, 0.29) is 11.4 Å². The van der Waals surface area contributed by atoms with E-state index in [4.69, 9.17) is 4.74 Å². The highest BCUT2D eigenvalue weighted by atomic mass is 19.1. The van der Waals surface area contributed by atoms with Gasteiger partial charge in [-0.3, -0.25) is 0 Å². The van der Waals surface area contributed by atoms with Crippen molar-refractivity contribution in [1.29, 1.82) is 0 Å². The van der Waals surface area contributed by atoms with Gasteiger partial charge < -0.3 is 4.74 Å². The first-order valence-corrected chi connectivity index (χ1v) is 12.5. The highest BCUT2D eigenvalue weighted by molar-refractivity contribution is 5.91. The van der Waals surface area contributed by atoms with Gasteiger partial charge in [0.1, 0.15) is 5.82 Å². The van der Waals surface area contributed by atoms with Crippen molar-refractivity contribution in [2.24, 2.45) is 0 Å². The quantitative estimate of drug-likeness (QED) is 0.192. The molecule has 0 aliphatic carbocycles. The van der Waals surface area contributed by atoms with Crippen molar-refractivity contribution in [2.45, 2.75) is 78.1 Å². The Balaban J connectivity index is 1.55. The Morgan fingerprint density at radius 1 is 0.794 bits per heavy atom. The Labute approximate surface area is 202 Å². The number of aryl methyl sites for hydroxylation is 2. The Morgan fingerprint density at radius 2 is 1.44 bits per heavy atom. The van der Waals surface area contributed by atoms with Crippen LogP contribution < -0.4 is 4.74 Å². The summed E-state index contributed by atoms with van der Waals surface area (Å²) in [6, 6.07) is 13.0. The van der Waals surface area contributed by atoms with Gasteiger partial charge in [0.2, 0.25) is 5.88 Å². The second kappa shape index (κ2) is 13.6. The molecule has 5 heteroatoms. The molecule has 0 unspecified atom stereocenters. The standard InChI is InChI=1S/C29H35FN2O2/c1-3-5-7-8-10-12-23-15-18-25(26(30)19-23)29(33)34-28-21-31-27(20-32-28)24-16-13-22(14-17-24)11-9-6-4-2/h13-21H,3-12H2,1-2H3. The van der Waals surface area contributed by atoms with Crippen molar-refractivity contribution < 1.29 is 13.9 Å². The highest BCUT2D eigenvalue weighted by Gasteiger charge is 2.16. The molecule has 3 rings (SSSR count). The van der Waals surface area contributed by atoms with Crippen LogP contribution in [0.1, 0.15) is 86.7 Å². The van der Waals surface area contributed by atoms with Crippen LogP contribution in [0.4, 0.5) is 4.39 Å². The topological polar surface area (TPSA) is 52.1 Å². The molecular formula is C29H35FN2O2. The predicted molar refractivity (Wildman–Crippen MR) is 135 cm³/mol. The van der Waals surface area contributed by atoms with E-state index in [0.29, 0.717) is 5.69 Å². The summed E-state index contributed by atoms with van der Waals surface area (Å²) in [6.07, 6.45) is 14.3. The predicted octanol–water partition coefficient (Wildman–Crippen LogP) is 7.75. The van der Waals surface area contributed by atoms with Gasteiger partial charge in [0.15, 0.2) is 0 Å². The number of nitrogens with zero attached hydrogens (tertiary/aromatic N) is 2. The van der Waals surface area contributed by atoms with Gasteiger partial charge in [-0.2, -0.15) is 0 Å². The maximum absolute atomic E-state index is 14.5. The fourth-order valence-corrected chi connectivity index (χ4v) is 3.90. The van der Waals surface area contributed by atoms with E-state index in [2.05, 4.69) is 35.9 Å². The first-order chi connectivity index (χ1) is 16.6. The van der Waals surface area contributed by atoms with Crippen LogP contribution in [0.2, 0.25) is 0 Å². The van der Waals surface area contributed by atoms with Crippen molar-refractivity contribution in [1.82, 2.24) is 9.97 Å². The molecule has 0 fully saturated rings. The third kappa shape index (κ3) is 7.75. The molecule has 0 saturated heterocycles. The smallest absolute Gasteiger partial charge is 0.347 e. The summed E-state index contributed by atoms with van der Waals surface area (Å²) >= 11 is 0. The molecule has 2 aromatic carbocycles. The number of halogens is 1. The molecule has 0 N–H and O–H groups in total. The van der Waals surface area contributed by atoms with Gasteiger partial charge in [0.25, 0.3) is 0 Å². The average Bonchev–Trinajstić information content (AvgIpc) is 2.85. The molecule has 0 radical (unpaired) electrons. The molecule has 4 nitrogen and oxygen atoms in total. The van der Waals surface area contributed by atoms with Crippen molar-refractivity contribution in [3.63, 3.8) is 0 Å². The molecule has 0 saturated carbocycles. The summed E-state index contributed by atoms with van der Waals surface area (Å²) in [7, 11) is 0. The lowest BCUT2D eigenvalue weighted by atomic mass is 10.0. The molecule has 0 aliphatic rings. The maximum atomic E-state index is 14.5. The molecule has 3 aromatic rings. The fourth-order valence-electron chi connectivity index (χ4n) is 3.90. The van der Waals surface area contributed by atoms with Gasteiger partial charge in [0.05, 0.1) is 23.7 Å². The second-order valence-corrected chi connectivity index (χ2v) is 8.76. The molecule has 0 aliphatic heterocycles. The largest absolute Gasteiger partial charge is 0.402 e.